The number of hydrogen-bond acceptors (Lipinski definition) is 1. The average Bonchev–Trinajstić information content (AvgIpc) is 1.94. The maximum absolute atomic E-state index is 6.02. The molecule has 0 aliphatic carbocycles. The summed E-state index contributed by atoms with van der Waals surface area (Å²) < 4.78 is 6.02. The summed E-state index contributed by atoms with van der Waals surface area (Å²) in [5.41, 5.74) is 2.46. The van der Waals surface area contributed by atoms with E-state index < -0.39 is 8.32 Å². The molecule has 1 nitrogen and oxygen atoms in total. The van der Waals surface area contributed by atoms with Crippen LogP contribution in [0.2, 0.25) is 19.1 Å². The number of allylic oxidation sites excluding steroid dienone is 1. The summed E-state index contributed by atoms with van der Waals surface area (Å²) in [5.74, 6) is 0. The molecule has 0 radical (unpaired) electrons. The van der Waals surface area contributed by atoms with E-state index in [1.54, 1.807) is 0 Å². The monoisotopic (exact) mass is 182 g/mol. The van der Waals surface area contributed by atoms with Crippen LogP contribution in [0.25, 0.3) is 0 Å². The lowest BCUT2D eigenvalue weighted by Gasteiger charge is -2.34. The van der Waals surface area contributed by atoms with Gasteiger partial charge in [-0.15, -0.1) is 0 Å². The lowest BCUT2D eigenvalue weighted by Crippen LogP contribution is -2.39. The SMILES string of the molecule is C=C(C)[C@H]1O[Si](C)(C)CC=C1C. The zero-order chi connectivity index (χ0) is 9.35. The summed E-state index contributed by atoms with van der Waals surface area (Å²) in [6.07, 6.45) is 2.51. The molecule has 0 unspecified atom stereocenters. The van der Waals surface area contributed by atoms with Crippen molar-refractivity contribution < 1.29 is 4.43 Å². The molecule has 1 rings (SSSR count). The minimum atomic E-state index is -1.40. The van der Waals surface area contributed by atoms with Gasteiger partial charge in [0.05, 0.1) is 6.10 Å². The zero-order valence-electron chi connectivity index (χ0n) is 8.48. The third-order valence-electron chi connectivity index (χ3n) is 2.21. The van der Waals surface area contributed by atoms with E-state index in [1.807, 2.05) is 6.92 Å². The van der Waals surface area contributed by atoms with Gasteiger partial charge in [0.25, 0.3) is 0 Å². The molecule has 0 aromatic rings. The lowest BCUT2D eigenvalue weighted by molar-refractivity contribution is 0.256. The Morgan fingerprint density at radius 2 is 2.25 bits per heavy atom. The Bertz CT molecular complexity index is 228. The summed E-state index contributed by atoms with van der Waals surface area (Å²) in [6, 6.07) is 1.14. The molecule has 0 aromatic carbocycles. The first-order valence-corrected chi connectivity index (χ1v) is 7.54. The van der Waals surface area contributed by atoms with Crippen LogP contribution in [0.4, 0.5) is 0 Å². The first kappa shape index (κ1) is 9.74. The van der Waals surface area contributed by atoms with Crippen molar-refractivity contribution in [3.63, 3.8) is 0 Å². The predicted molar refractivity (Wildman–Crippen MR) is 55.7 cm³/mol. The fourth-order valence-electron chi connectivity index (χ4n) is 1.46. The molecule has 0 fully saturated rings. The fraction of sp³-hybridized carbons (Fsp3) is 0.600. The molecular weight excluding hydrogens is 164 g/mol. The third kappa shape index (κ3) is 2.08. The molecular formula is C10H18OSi. The van der Waals surface area contributed by atoms with Gasteiger partial charge in [0.1, 0.15) is 0 Å². The van der Waals surface area contributed by atoms with Crippen LogP contribution in [0.15, 0.2) is 23.8 Å². The third-order valence-corrected chi connectivity index (χ3v) is 4.27. The second-order valence-electron chi connectivity index (χ2n) is 4.26. The Labute approximate surface area is 76.3 Å². The summed E-state index contributed by atoms with van der Waals surface area (Å²) in [4.78, 5) is 0. The van der Waals surface area contributed by atoms with Gasteiger partial charge in [-0.3, -0.25) is 0 Å². The number of rotatable bonds is 1. The molecule has 12 heavy (non-hydrogen) atoms. The largest absolute Gasteiger partial charge is 0.407 e. The van der Waals surface area contributed by atoms with Crippen LogP contribution in [-0.4, -0.2) is 14.4 Å². The van der Waals surface area contributed by atoms with Gasteiger partial charge in [-0.05, 0) is 44.1 Å². The quantitative estimate of drug-likeness (QED) is 0.447. The highest BCUT2D eigenvalue weighted by molar-refractivity contribution is 6.71. The van der Waals surface area contributed by atoms with Gasteiger partial charge in [-0.1, -0.05) is 12.7 Å². The topological polar surface area (TPSA) is 9.23 Å². The molecule has 2 heteroatoms. The van der Waals surface area contributed by atoms with Gasteiger partial charge < -0.3 is 4.43 Å². The molecule has 0 aromatic heterocycles. The van der Waals surface area contributed by atoms with Crippen molar-refractivity contribution in [2.75, 3.05) is 0 Å². The van der Waals surface area contributed by atoms with Crippen LogP contribution < -0.4 is 0 Å². The molecule has 0 amide bonds. The van der Waals surface area contributed by atoms with E-state index >= 15 is 0 Å². The molecule has 0 spiro atoms. The lowest BCUT2D eigenvalue weighted by atomic mass is 10.1. The van der Waals surface area contributed by atoms with Gasteiger partial charge in [0, 0.05) is 0 Å². The Balaban J connectivity index is 2.82. The van der Waals surface area contributed by atoms with Gasteiger partial charge >= 0.3 is 0 Å². The van der Waals surface area contributed by atoms with Gasteiger partial charge in [0.15, 0.2) is 8.32 Å². The summed E-state index contributed by atoms with van der Waals surface area (Å²) in [6.45, 7) is 12.6. The van der Waals surface area contributed by atoms with Crippen LogP contribution in [-0.2, 0) is 4.43 Å². The van der Waals surface area contributed by atoms with Gasteiger partial charge in [-0.2, -0.15) is 0 Å². The maximum Gasteiger partial charge on any atom is 0.191 e. The predicted octanol–water partition coefficient (Wildman–Crippen LogP) is 3.11. The van der Waals surface area contributed by atoms with E-state index in [2.05, 4.69) is 32.7 Å². The average molecular weight is 182 g/mol. The van der Waals surface area contributed by atoms with E-state index in [1.165, 1.54) is 5.57 Å². The highest BCUT2D eigenvalue weighted by atomic mass is 28.4. The molecule has 0 saturated carbocycles. The Morgan fingerprint density at radius 1 is 1.67 bits per heavy atom. The highest BCUT2D eigenvalue weighted by Gasteiger charge is 2.30. The van der Waals surface area contributed by atoms with Crippen molar-refractivity contribution >= 4 is 8.32 Å². The molecule has 1 atom stereocenters. The maximum atomic E-state index is 6.02. The van der Waals surface area contributed by atoms with Crippen molar-refractivity contribution in [3.05, 3.63) is 23.8 Å². The van der Waals surface area contributed by atoms with Crippen LogP contribution in [0, 0.1) is 0 Å². The molecule has 1 aliphatic heterocycles. The summed E-state index contributed by atoms with van der Waals surface area (Å²) >= 11 is 0. The van der Waals surface area contributed by atoms with E-state index in [-0.39, 0.29) is 6.10 Å². The van der Waals surface area contributed by atoms with Crippen molar-refractivity contribution in [2.24, 2.45) is 0 Å². The van der Waals surface area contributed by atoms with Crippen molar-refractivity contribution in [2.45, 2.75) is 39.1 Å². The van der Waals surface area contributed by atoms with E-state index in [0.717, 1.165) is 11.6 Å². The second kappa shape index (κ2) is 3.19. The van der Waals surface area contributed by atoms with Gasteiger partial charge in [0.2, 0.25) is 0 Å². The molecule has 1 heterocycles. The second-order valence-corrected chi connectivity index (χ2v) is 8.42. The standard InChI is InChI=1S/C10H18OSi/c1-8(2)10-9(3)6-7-12(4,5)11-10/h6,10H,1,7H2,2-5H3/t10-/m1/s1. The Morgan fingerprint density at radius 3 is 2.67 bits per heavy atom. The van der Waals surface area contributed by atoms with Gasteiger partial charge in [-0.25, -0.2) is 0 Å². The molecule has 0 saturated heterocycles. The van der Waals surface area contributed by atoms with Crippen molar-refractivity contribution in [3.8, 4) is 0 Å². The van der Waals surface area contributed by atoms with E-state index in [0.29, 0.717) is 0 Å². The molecule has 0 N–H and O–H groups in total. The first-order chi connectivity index (χ1) is 5.42. The van der Waals surface area contributed by atoms with Crippen molar-refractivity contribution in [1.29, 1.82) is 0 Å². The van der Waals surface area contributed by atoms with E-state index in [4.69, 9.17) is 4.43 Å². The summed E-state index contributed by atoms with van der Waals surface area (Å²) in [5, 5.41) is 0. The Hall–Kier alpha value is -0.343. The molecule has 68 valence electrons. The van der Waals surface area contributed by atoms with Crippen molar-refractivity contribution in [1.82, 2.24) is 0 Å². The van der Waals surface area contributed by atoms with Crippen LogP contribution in [0.1, 0.15) is 13.8 Å². The fourth-order valence-corrected chi connectivity index (χ4v) is 3.40. The zero-order valence-corrected chi connectivity index (χ0v) is 9.48. The highest BCUT2D eigenvalue weighted by Crippen LogP contribution is 2.28. The smallest absolute Gasteiger partial charge is 0.191 e. The van der Waals surface area contributed by atoms with Crippen LogP contribution in [0.5, 0.6) is 0 Å². The number of hydrogen-bond donors (Lipinski definition) is 0. The normalized spacial score (nSPS) is 28.0. The first-order valence-electron chi connectivity index (χ1n) is 4.42. The van der Waals surface area contributed by atoms with Crippen LogP contribution >= 0.6 is 0 Å². The summed E-state index contributed by atoms with van der Waals surface area (Å²) in [7, 11) is -1.40. The molecule has 1 aliphatic rings. The van der Waals surface area contributed by atoms with Crippen LogP contribution in [0.3, 0.4) is 0 Å². The minimum absolute atomic E-state index is 0.195. The minimum Gasteiger partial charge on any atom is -0.407 e. The van der Waals surface area contributed by atoms with E-state index in [9.17, 15) is 0 Å². The Kier molecular flexibility index (Phi) is 2.59. The molecule has 0 bridgehead atoms.